The van der Waals surface area contributed by atoms with Crippen molar-refractivity contribution in [3.8, 4) is 11.3 Å². The molecule has 144 valence electrons. The van der Waals surface area contributed by atoms with Gasteiger partial charge in [0.05, 0.1) is 18.6 Å². The van der Waals surface area contributed by atoms with Gasteiger partial charge in [0.1, 0.15) is 17.6 Å². The first kappa shape index (κ1) is 21.3. The van der Waals surface area contributed by atoms with Gasteiger partial charge in [-0.3, -0.25) is 4.79 Å². The first-order valence-electron chi connectivity index (χ1n) is 8.08. The van der Waals surface area contributed by atoms with Crippen LogP contribution in [0.2, 0.25) is 5.02 Å². The van der Waals surface area contributed by atoms with Crippen molar-refractivity contribution in [2.75, 3.05) is 6.54 Å². The summed E-state index contributed by atoms with van der Waals surface area (Å²) in [6.45, 7) is 1.07. The summed E-state index contributed by atoms with van der Waals surface area (Å²) in [6.07, 6.45) is 2.48. The molecule has 0 saturated heterocycles. The van der Waals surface area contributed by atoms with Crippen LogP contribution in [0.5, 0.6) is 0 Å². The number of nitrogens with one attached hydrogen (secondary N) is 3. The topological polar surface area (TPSA) is 83.0 Å². The molecule has 6 nitrogen and oxygen atoms in total. The lowest BCUT2D eigenvalue weighted by Crippen LogP contribution is -2.41. The van der Waals surface area contributed by atoms with Crippen molar-refractivity contribution >= 4 is 42.3 Å². The SMILES string of the molecule is Cl.Cl.O=C(NCc1ccc(-c2ccc(Cl)cc2)o1)C1NCCc2[nH]cnc21. The molecule has 3 heterocycles. The number of furan rings is 1. The highest BCUT2D eigenvalue weighted by Crippen LogP contribution is 2.24. The van der Waals surface area contributed by atoms with Crippen molar-refractivity contribution < 1.29 is 9.21 Å². The van der Waals surface area contributed by atoms with Crippen LogP contribution in [0.25, 0.3) is 11.3 Å². The Hall–Kier alpha value is -1.99. The number of aromatic nitrogens is 2. The number of carbonyl (C=O) groups is 1. The molecule has 27 heavy (non-hydrogen) atoms. The quantitative estimate of drug-likeness (QED) is 0.591. The van der Waals surface area contributed by atoms with Crippen LogP contribution in [0.4, 0.5) is 0 Å². The van der Waals surface area contributed by atoms with Crippen molar-refractivity contribution in [3.63, 3.8) is 0 Å². The Kier molecular flexibility index (Phi) is 7.33. The molecule has 1 aliphatic rings. The fourth-order valence-electron chi connectivity index (χ4n) is 2.95. The molecule has 1 aliphatic heterocycles. The van der Waals surface area contributed by atoms with E-state index >= 15 is 0 Å². The Morgan fingerprint density at radius 3 is 2.78 bits per heavy atom. The number of fused-ring (bicyclic) bond motifs is 1. The highest BCUT2D eigenvalue weighted by atomic mass is 35.5. The summed E-state index contributed by atoms with van der Waals surface area (Å²) in [6, 6.07) is 10.7. The first-order chi connectivity index (χ1) is 12.2. The zero-order valence-corrected chi connectivity index (χ0v) is 16.6. The molecule has 4 rings (SSSR count). The van der Waals surface area contributed by atoms with Gasteiger partial charge < -0.3 is 20.0 Å². The van der Waals surface area contributed by atoms with Gasteiger partial charge in [-0.2, -0.15) is 0 Å². The van der Waals surface area contributed by atoms with Crippen molar-refractivity contribution in [1.82, 2.24) is 20.6 Å². The molecule has 3 aromatic rings. The number of rotatable bonds is 4. The molecule has 2 aromatic heterocycles. The van der Waals surface area contributed by atoms with E-state index in [9.17, 15) is 4.79 Å². The van der Waals surface area contributed by atoms with Gasteiger partial charge in [0.2, 0.25) is 5.91 Å². The number of aromatic amines is 1. The Bertz CT molecular complexity index is 892. The van der Waals surface area contributed by atoms with Crippen LogP contribution >= 0.6 is 36.4 Å². The second-order valence-corrected chi connectivity index (χ2v) is 6.33. The van der Waals surface area contributed by atoms with Crippen molar-refractivity contribution in [2.45, 2.75) is 19.0 Å². The van der Waals surface area contributed by atoms with Crippen LogP contribution < -0.4 is 10.6 Å². The molecule has 0 radical (unpaired) electrons. The zero-order valence-electron chi connectivity index (χ0n) is 14.2. The average Bonchev–Trinajstić information content (AvgIpc) is 3.29. The van der Waals surface area contributed by atoms with Crippen LogP contribution in [0.15, 0.2) is 47.1 Å². The highest BCUT2D eigenvalue weighted by molar-refractivity contribution is 6.30. The second-order valence-electron chi connectivity index (χ2n) is 5.89. The number of nitrogens with zero attached hydrogens (tertiary/aromatic N) is 1. The summed E-state index contributed by atoms with van der Waals surface area (Å²) in [7, 11) is 0. The van der Waals surface area contributed by atoms with E-state index < -0.39 is 6.04 Å². The van der Waals surface area contributed by atoms with Gasteiger partial charge in [-0.1, -0.05) is 11.6 Å². The molecule has 1 aromatic carbocycles. The number of amides is 1. The predicted molar refractivity (Wildman–Crippen MR) is 109 cm³/mol. The summed E-state index contributed by atoms with van der Waals surface area (Å²) in [5.41, 5.74) is 2.73. The third-order valence-electron chi connectivity index (χ3n) is 4.24. The van der Waals surface area contributed by atoms with E-state index in [1.807, 2.05) is 36.4 Å². The number of halogens is 3. The smallest absolute Gasteiger partial charge is 0.243 e. The molecule has 3 N–H and O–H groups in total. The maximum absolute atomic E-state index is 12.5. The largest absolute Gasteiger partial charge is 0.459 e. The lowest BCUT2D eigenvalue weighted by atomic mass is 10.1. The van der Waals surface area contributed by atoms with Crippen LogP contribution in [0.1, 0.15) is 23.2 Å². The van der Waals surface area contributed by atoms with E-state index in [1.165, 1.54) is 0 Å². The van der Waals surface area contributed by atoms with Crippen molar-refractivity contribution in [3.05, 3.63) is 64.9 Å². The average molecular weight is 430 g/mol. The number of H-pyrrole nitrogens is 1. The number of imidazole rings is 1. The summed E-state index contributed by atoms with van der Waals surface area (Å²) in [5, 5.41) is 6.78. The molecule has 1 unspecified atom stereocenters. The molecule has 0 bridgehead atoms. The van der Waals surface area contributed by atoms with E-state index in [2.05, 4.69) is 20.6 Å². The van der Waals surface area contributed by atoms with Crippen LogP contribution in [0, 0.1) is 0 Å². The van der Waals surface area contributed by atoms with Crippen molar-refractivity contribution in [1.29, 1.82) is 0 Å². The lowest BCUT2D eigenvalue weighted by molar-refractivity contribution is -0.123. The second kappa shape index (κ2) is 9.28. The van der Waals surface area contributed by atoms with E-state index in [0.717, 1.165) is 35.7 Å². The van der Waals surface area contributed by atoms with E-state index in [-0.39, 0.29) is 30.7 Å². The van der Waals surface area contributed by atoms with Gasteiger partial charge in [-0.05, 0) is 36.4 Å². The third-order valence-corrected chi connectivity index (χ3v) is 4.49. The van der Waals surface area contributed by atoms with Gasteiger partial charge >= 0.3 is 0 Å². The number of hydrogen-bond acceptors (Lipinski definition) is 4. The number of benzene rings is 1. The standard InChI is InChI=1S/C18H17ClN4O2.2ClH/c19-12-3-1-11(2-4-12)15-6-5-13(25-15)9-21-18(24)17-16-14(7-8-20-17)22-10-23-16;;/h1-6,10,17,20H,7-9H2,(H,21,24)(H,22,23);2*1H. The Morgan fingerprint density at radius 1 is 1.22 bits per heavy atom. The van der Waals surface area contributed by atoms with E-state index in [4.69, 9.17) is 16.0 Å². The summed E-state index contributed by atoms with van der Waals surface area (Å²) in [4.78, 5) is 19.8. The fourth-order valence-corrected chi connectivity index (χ4v) is 3.08. The van der Waals surface area contributed by atoms with Gasteiger partial charge in [-0.25, -0.2) is 4.98 Å². The third kappa shape index (κ3) is 4.65. The molecular weight excluding hydrogens is 411 g/mol. The molecule has 9 heteroatoms. The highest BCUT2D eigenvalue weighted by Gasteiger charge is 2.28. The summed E-state index contributed by atoms with van der Waals surface area (Å²) < 4.78 is 5.80. The Balaban J connectivity index is 0.00000131. The molecule has 0 saturated carbocycles. The maximum atomic E-state index is 12.5. The van der Waals surface area contributed by atoms with Crippen LogP contribution in [-0.4, -0.2) is 22.4 Å². The van der Waals surface area contributed by atoms with E-state index in [1.54, 1.807) is 6.33 Å². The summed E-state index contributed by atoms with van der Waals surface area (Å²) >= 11 is 5.90. The molecule has 0 fully saturated rings. The predicted octanol–water partition coefficient (Wildman–Crippen LogP) is 3.67. The molecule has 1 atom stereocenters. The lowest BCUT2D eigenvalue weighted by Gasteiger charge is -2.21. The van der Waals surface area contributed by atoms with Crippen LogP contribution in [0.3, 0.4) is 0 Å². The summed E-state index contributed by atoms with van der Waals surface area (Å²) in [5.74, 6) is 1.32. The Labute approximate surface area is 173 Å². The van der Waals surface area contributed by atoms with Gasteiger partial charge in [0.25, 0.3) is 0 Å². The first-order valence-corrected chi connectivity index (χ1v) is 8.46. The Morgan fingerprint density at radius 2 is 2.00 bits per heavy atom. The van der Waals surface area contributed by atoms with Crippen LogP contribution in [-0.2, 0) is 17.8 Å². The van der Waals surface area contributed by atoms with Crippen molar-refractivity contribution in [2.24, 2.45) is 0 Å². The minimum Gasteiger partial charge on any atom is -0.459 e. The maximum Gasteiger partial charge on any atom is 0.243 e. The minimum absolute atomic E-state index is 0. The minimum atomic E-state index is -0.430. The fraction of sp³-hybridized carbons (Fsp3) is 0.222. The number of carbonyl (C=O) groups excluding carboxylic acids is 1. The monoisotopic (exact) mass is 428 g/mol. The molecule has 1 amide bonds. The van der Waals surface area contributed by atoms with Gasteiger partial charge in [0, 0.05) is 29.2 Å². The van der Waals surface area contributed by atoms with Gasteiger partial charge in [0.15, 0.2) is 0 Å². The molecule has 0 spiro atoms. The molecular formula is C18H19Cl3N4O2. The molecule has 0 aliphatic carbocycles. The van der Waals surface area contributed by atoms with E-state index in [0.29, 0.717) is 17.3 Å². The zero-order chi connectivity index (χ0) is 17.2. The number of hydrogen-bond donors (Lipinski definition) is 3. The van der Waals surface area contributed by atoms with Gasteiger partial charge in [-0.15, -0.1) is 24.8 Å². The normalized spacial score (nSPS) is 15.2.